The molecule has 9 heteroatoms. The van der Waals surface area contributed by atoms with Crippen molar-refractivity contribution in [2.45, 2.75) is 19.6 Å². The first kappa shape index (κ1) is 27.2. The van der Waals surface area contributed by atoms with E-state index < -0.39 is 24.3 Å². The summed E-state index contributed by atoms with van der Waals surface area (Å²) in [6.45, 7) is 1.91. The number of carbonyl (C=O) groups excluding carboxylic acids is 3. The number of rotatable bonds is 8. The maximum absolute atomic E-state index is 12.7. The van der Waals surface area contributed by atoms with Crippen molar-refractivity contribution in [2.24, 2.45) is 0 Å². The summed E-state index contributed by atoms with van der Waals surface area (Å²) in [5.74, 6) is -0.701. The Morgan fingerprint density at radius 1 is 0.838 bits per heavy atom. The van der Waals surface area contributed by atoms with Crippen LogP contribution in [0.5, 0.6) is 11.5 Å². The van der Waals surface area contributed by atoms with Gasteiger partial charge in [0.15, 0.2) is 11.5 Å². The Hall–Kier alpha value is -4.37. The Balaban J connectivity index is 1.74. The van der Waals surface area contributed by atoms with Gasteiger partial charge in [0.25, 0.3) is 0 Å². The molecular formula is C28H30N2O7. The Morgan fingerprint density at radius 2 is 1.51 bits per heavy atom. The van der Waals surface area contributed by atoms with Gasteiger partial charge in [-0.3, -0.25) is 0 Å². The molecule has 0 aromatic heterocycles. The number of esters is 1. The van der Waals surface area contributed by atoms with E-state index in [-0.39, 0.29) is 24.7 Å². The molecule has 0 bridgehead atoms. The van der Waals surface area contributed by atoms with Gasteiger partial charge >= 0.3 is 18.2 Å². The van der Waals surface area contributed by atoms with Crippen molar-refractivity contribution in [3.63, 3.8) is 0 Å². The van der Waals surface area contributed by atoms with E-state index in [0.29, 0.717) is 11.1 Å². The first-order chi connectivity index (χ1) is 17.6. The zero-order chi connectivity index (χ0) is 26.9. The summed E-state index contributed by atoms with van der Waals surface area (Å²) in [7, 11) is 4.54. The third kappa shape index (κ3) is 7.81. The molecule has 0 saturated heterocycles. The molecule has 3 aromatic carbocycles. The average Bonchev–Trinajstić information content (AvgIpc) is 2.88. The normalized spacial score (nSPS) is 11.3. The predicted molar refractivity (Wildman–Crippen MR) is 137 cm³/mol. The number of likely N-dealkylation sites (N-methyl/N-ethyl adjacent to an activating group) is 1. The van der Waals surface area contributed by atoms with Gasteiger partial charge in [-0.05, 0) is 42.3 Å². The number of amides is 2. The van der Waals surface area contributed by atoms with Crippen molar-refractivity contribution in [3.8, 4) is 11.5 Å². The molecule has 3 rings (SSSR count). The number of aliphatic hydroxyl groups is 1. The van der Waals surface area contributed by atoms with Crippen LogP contribution in [0, 0.1) is 6.92 Å². The van der Waals surface area contributed by atoms with Crippen molar-refractivity contribution in [3.05, 3.63) is 95.1 Å². The smallest absolute Gasteiger partial charge is 0.414 e. The molecule has 1 N–H and O–H groups in total. The van der Waals surface area contributed by atoms with Crippen LogP contribution in [0.2, 0.25) is 0 Å². The summed E-state index contributed by atoms with van der Waals surface area (Å²) in [5, 5.41) is 10.8. The van der Waals surface area contributed by atoms with Gasteiger partial charge in [0.1, 0.15) is 6.61 Å². The maximum Gasteiger partial charge on any atom is 0.414 e. The Kier molecular flexibility index (Phi) is 9.23. The summed E-state index contributed by atoms with van der Waals surface area (Å²) >= 11 is 0. The van der Waals surface area contributed by atoms with Gasteiger partial charge in [0.05, 0.1) is 18.2 Å². The minimum Gasteiger partial charge on any atom is -0.445 e. The fourth-order valence-electron chi connectivity index (χ4n) is 3.20. The van der Waals surface area contributed by atoms with Crippen molar-refractivity contribution >= 4 is 18.2 Å². The summed E-state index contributed by atoms with van der Waals surface area (Å²) in [4.78, 5) is 39.7. The highest BCUT2D eigenvalue weighted by Gasteiger charge is 2.21. The van der Waals surface area contributed by atoms with Gasteiger partial charge in [-0.15, -0.1) is 0 Å². The van der Waals surface area contributed by atoms with Crippen LogP contribution >= 0.6 is 0 Å². The fraction of sp³-hybridized carbons (Fsp3) is 0.250. The maximum atomic E-state index is 12.7. The summed E-state index contributed by atoms with van der Waals surface area (Å²) in [6.07, 6.45) is -2.41. The monoisotopic (exact) mass is 506 g/mol. The summed E-state index contributed by atoms with van der Waals surface area (Å²) in [6, 6.07) is 20.4. The first-order valence-electron chi connectivity index (χ1n) is 11.6. The number of nitrogens with zero attached hydrogens (tertiary/aromatic N) is 2. The molecule has 0 saturated carbocycles. The van der Waals surface area contributed by atoms with Crippen molar-refractivity contribution in [1.29, 1.82) is 0 Å². The van der Waals surface area contributed by atoms with Crippen LogP contribution in [-0.4, -0.2) is 60.7 Å². The van der Waals surface area contributed by atoms with E-state index >= 15 is 0 Å². The van der Waals surface area contributed by atoms with Crippen LogP contribution in [0.25, 0.3) is 0 Å². The highest BCUT2D eigenvalue weighted by Crippen LogP contribution is 2.32. The highest BCUT2D eigenvalue weighted by atomic mass is 16.6. The third-order valence-corrected chi connectivity index (χ3v) is 5.37. The second-order valence-electron chi connectivity index (χ2n) is 8.66. The average molecular weight is 507 g/mol. The largest absolute Gasteiger partial charge is 0.445 e. The van der Waals surface area contributed by atoms with Gasteiger partial charge in [-0.2, -0.15) is 0 Å². The van der Waals surface area contributed by atoms with E-state index in [9.17, 15) is 19.5 Å². The molecule has 0 fully saturated rings. The zero-order valence-electron chi connectivity index (χ0n) is 21.2. The molecule has 1 atom stereocenters. The second-order valence-corrected chi connectivity index (χ2v) is 8.66. The molecule has 3 aromatic rings. The SMILES string of the molecule is Cc1ccc(C(=O)Oc2cc(C(O)CN(C)C(=O)OCc3ccccc3)ccc2OC(=O)N(C)C)cc1. The summed E-state index contributed by atoms with van der Waals surface area (Å²) < 4.78 is 16.2. The van der Waals surface area contributed by atoms with Crippen LogP contribution in [0.3, 0.4) is 0 Å². The lowest BCUT2D eigenvalue weighted by atomic mass is 10.1. The molecule has 0 aliphatic rings. The van der Waals surface area contributed by atoms with Crippen LogP contribution in [0.4, 0.5) is 9.59 Å². The van der Waals surface area contributed by atoms with Gasteiger partial charge < -0.3 is 29.1 Å². The zero-order valence-corrected chi connectivity index (χ0v) is 21.2. The van der Waals surface area contributed by atoms with E-state index in [2.05, 4.69) is 0 Å². The number of carbonyl (C=O) groups is 3. The molecule has 2 amide bonds. The molecule has 37 heavy (non-hydrogen) atoms. The lowest BCUT2D eigenvalue weighted by Gasteiger charge is -2.21. The number of aliphatic hydroxyl groups excluding tert-OH is 1. The topological polar surface area (TPSA) is 106 Å². The van der Waals surface area contributed by atoms with Crippen LogP contribution in [-0.2, 0) is 11.3 Å². The molecule has 0 aliphatic heterocycles. The second kappa shape index (κ2) is 12.5. The predicted octanol–water partition coefficient (Wildman–Crippen LogP) is 4.58. The molecule has 0 heterocycles. The van der Waals surface area contributed by atoms with E-state index in [1.165, 1.54) is 49.1 Å². The van der Waals surface area contributed by atoms with Crippen molar-refractivity contribution < 1.29 is 33.7 Å². The lowest BCUT2D eigenvalue weighted by Crippen LogP contribution is -2.31. The molecule has 9 nitrogen and oxygen atoms in total. The van der Waals surface area contributed by atoms with Crippen molar-refractivity contribution in [2.75, 3.05) is 27.7 Å². The minimum absolute atomic E-state index is 0.00531. The van der Waals surface area contributed by atoms with E-state index in [4.69, 9.17) is 14.2 Å². The molecule has 1 unspecified atom stereocenters. The quantitative estimate of drug-likeness (QED) is 0.352. The van der Waals surface area contributed by atoms with Crippen LogP contribution in [0.1, 0.15) is 33.2 Å². The molecule has 0 radical (unpaired) electrons. The van der Waals surface area contributed by atoms with Gasteiger partial charge in [-0.1, -0.05) is 54.1 Å². The molecule has 0 spiro atoms. The van der Waals surface area contributed by atoms with E-state index in [1.54, 1.807) is 24.3 Å². The number of aryl methyl sites for hydroxylation is 1. The Morgan fingerprint density at radius 3 is 2.16 bits per heavy atom. The van der Waals surface area contributed by atoms with E-state index in [1.807, 2.05) is 37.3 Å². The first-order valence-corrected chi connectivity index (χ1v) is 11.6. The fourth-order valence-corrected chi connectivity index (χ4v) is 3.20. The number of hydrogen-bond acceptors (Lipinski definition) is 7. The Labute approximate surface area is 215 Å². The number of benzene rings is 3. The standard InChI is InChI=1S/C28H30N2O7/c1-19-10-12-21(13-11-19)26(32)36-25-16-22(14-15-24(25)37-27(33)29(2)3)23(31)17-30(4)28(34)35-18-20-8-6-5-7-9-20/h5-16,23,31H,17-18H2,1-4H3. The molecule has 0 aliphatic carbocycles. The highest BCUT2D eigenvalue weighted by molar-refractivity contribution is 5.91. The van der Waals surface area contributed by atoms with Crippen LogP contribution < -0.4 is 9.47 Å². The lowest BCUT2D eigenvalue weighted by molar-refractivity contribution is 0.0725. The van der Waals surface area contributed by atoms with Crippen molar-refractivity contribution in [1.82, 2.24) is 9.80 Å². The summed E-state index contributed by atoms with van der Waals surface area (Å²) in [5.41, 5.74) is 2.47. The molecular weight excluding hydrogens is 476 g/mol. The van der Waals surface area contributed by atoms with Gasteiger partial charge in [-0.25, -0.2) is 14.4 Å². The third-order valence-electron chi connectivity index (χ3n) is 5.37. The van der Waals surface area contributed by atoms with Gasteiger partial charge in [0, 0.05) is 21.1 Å². The Bertz CT molecular complexity index is 1230. The van der Waals surface area contributed by atoms with E-state index in [0.717, 1.165) is 11.1 Å². The van der Waals surface area contributed by atoms with Crippen LogP contribution in [0.15, 0.2) is 72.8 Å². The number of hydrogen-bond donors (Lipinski definition) is 1. The van der Waals surface area contributed by atoms with Gasteiger partial charge in [0.2, 0.25) is 0 Å². The number of ether oxygens (including phenoxy) is 3. The molecule has 194 valence electrons. The minimum atomic E-state index is -1.13.